The molecular weight excluding hydrogens is 168 g/mol. The Kier molecular flexibility index (Phi) is 4.40. The van der Waals surface area contributed by atoms with Gasteiger partial charge in [0.05, 0.1) is 0 Å². The molecule has 0 bridgehead atoms. The average Bonchev–Trinajstić information content (AvgIpc) is 2.52. The molecule has 1 aliphatic heterocycles. The van der Waals surface area contributed by atoms with E-state index in [-0.39, 0.29) is 0 Å². The Morgan fingerprint density at radius 1 is 1.67 bits per heavy atom. The number of likely N-dealkylation sites (tertiary alicyclic amines) is 1. The van der Waals surface area contributed by atoms with Crippen LogP contribution < -0.4 is 5.32 Å². The summed E-state index contributed by atoms with van der Waals surface area (Å²) in [6.07, 6.45) is 3.50. The summed E-state index contributed by atoms with van der Waals surface area (Å²) in [6.45, 7) is 4.83. The van der Waals surface area contributed by atoms with Gasteiger partial charge in [-0.15, -0.1) is 0 Å². The lowest BCUT2D eigenvalue weighted by Gasteiger charge is -2.23. The summed E-state index contributed by atoms with van der Waals surface area (Å²) in [4.78, 5) is 2.58. The molecule has 1 saturated heterocycles. The summed E-state index contributed by atoms with van der Waals surface area (Å²) in [5.41, 5.74) is 0. The Morgan fingerprint density at radius 3 is 2.92 bits per heavy atom. The van der Waals surface area contributed by atoms with Crippen LogP contribution in [0.2, 0.25) is 0 Å². The molecule has 2 nitrogen and oxygen atoms in total. The lowest BCUT2D eigenvalue weighted by molar-refractivity contribution is 0.273. The maximum atomic E-state index is 3.34. The highest BCUT2D eigenvalue weighted by atomic mass is 32.2. The molecule has 0 saturated carbocycles. The van der Waals surface area contributed by atoms with E-state index in [2.05, 4.69) is 30.4 Å². The maximum Gasteiger partial charge on any atom is 0.0204 e. The molecule has 1 fully saturated rings. The Morgan fingerprint density at radius 2 is 2.42 bits per heavy atom. The number of thioether (sulfide) groups is 1. The first-order chi connectivity index (χ1) is 5.77. The van der Waals surface area contributed by atoms with Crippen molar-refractivity contribution in [2.24, 2.45) is 0 Å². The summed E-state index contributed by atoms with van der Waals surface area (Å²) in [5.74, 6) is 1.26. The molecule has 0 aliphatic carbocycles. The van der Waals surface area contributed by atoms with E-state index in [9.17, 15) is 0 Å². The third kappa shape index (κ3) is 2.64. The highest BCUT2D eigenvalue weighted by molar-refractivity contribution is 7.98. The normalized spacial score (nSPS) is 27.8. The quantitative estimate of drug-likeness (QED) is 0.709. The van der Waals surface area contributed by atoms with Gasteiger partial charge in [0, 0.05) is 30.9 Å². The second kappa shape index (κ2) is 5.10. The van der Waals surface area contributed by atoms with Crippen molar-refractivity contribution in [3.05, 3.63) is 0 Å². The summed E-state index contributed by atoms with van der Waals surface area (Å²) in [6, 6.07) is 1.48. The van der Waals surface area contributed by atoms with E-state index in [4.69, 9.17) is 0 Å². The molecule has 0 amide bonds. The molecule has 0 radical (unpaired) electrons. The van der Waals surface area contributed by atoms with E-state index in [1.54, 1.807) is 0 Å². The van der Waals surface area contributed by atoms with Gasteiger partial charge in [-0.25, -0.2) is 0 Å². The van der Waals surface area contributed by atoms with E-state index in [1.165, 1.54) is 25.3 Å². The van der Waals surface area contributed by atoms with E-state index < -0.39 is 0 Å². The molecule has 0 aromatic carbocycles. The Bertz CT molecular complexity index is 130. The standard InChI is InChI=1S/C9H20N2S/c1-8(7-12-3)11-5-4-9(6-11)10-2/h8-10H,4-7H2,1-3H3. The zero-order valence-corrected chi connectivity index (χ0v) is 9.16. The predicted octanol–water partition coefficient (Wildman–Crippen LogP) is 1.03. The Hall–Kier alpha value is 0.270. The monoisotopic (exact) mass is 188 g/mol. The number of likely N-dealkylation sites (N-methyl/N-ethyl adjacent to an activating group) is 1. The molecular formula is C9H20N2S. The molecule has 72 valence electrons. The summed E-state index contributed by atoms with van der Waals surface area (Å²) in [7, 11) is 2.06. The van der Waals surface area contributed by atoms with Gasteiger partial charge in [-0.3, -0.25) is 4.90 Å². The van der Waals surface area contributed by atoms with Gasteiger partial charge >= 0.3 is 0 Å². The highest BCUT2D eigenvalue weighted by Gasteiger charge is 2.24. The topological polar surface area (TPSA) is 15.3 Å². The first kappa shape index (κ1) is 10.4. The third-order valence-corrected chi connectivity index (χ3v) is 3.47. The van der Waals surface area contributed by atoms with Gasteiger partial charge in [-0.05, 0) is 26.6 Å². The molecule has 3 heteroatoms. The van der Waals surface area contributed by atoms with Crippen LogP contribution >= 0.6 is 11.8 Å². The average molecular weight is 188 g/mol. The molecule has 12 heavy (non-hydrogen) atoms. The lowest BCUT2D eigenvalue weighted by atomic mass is 10.3. The molecule has 0 aromatic heterocycles. The fourth-order valence-electron chi connectivity index (χ4n) is 1.77. The second-order valence-corrected chi connectivity index (χ2v) is 4.48. The molecule has 0 spiro atoms. The van der Waals surface area contributed by atoms with E-state index in [1.807, 2.05) is 11.8 Å². The fourth-order valence-corrected chi connectivity index (χ4v) is 2.46. The zero-order chi connectivity index (χ0) is 8.97. The van der Waals surface area contributed by atoms with E-state index >= 15 is 0 Å². The summed E-state index contributed by atoms with van der Waals surface area (Å²) in [5, 5.41) is 3.34. The third-order valence-electron chi connectivity index (χ3n) is 2.66. The number of nitrogens with one attached hydrogen (secondary N) is 1. The van der Waals surface area contributed by atoms with Gasteiger partial charge in [0.1, 0.15) is 0 Å². The lowest BCUT2D eigenvalue weighted by Crippen LogP contribution is -2.36. The molecule has 1 rings (SSSR count). The van der Waals surface area contributed by atoms with Gasteiger partial charge in [-0.1, -0.05) is 0 Å². The van der Waals surface area contributed by atoms with Crippen molar-refractivity contribution in [3.63, 3.8) is 0 Å². The van der Waals surface area contributed by atoms with Crippen LogP contribution in [0.5, 0.6) is 0 Å². The van der Waals surface area contributed by atoms with Crippen molar-refractivity contribution in [1.29, 1.82) is 0 Å². The maximum absolute atomic E-state index is 3.34. The minimum atomic E-state index is 0.731. The van der Waals surface area contributed by atoms with Crippen molar-refractivity contribution in [3.8, 4) is 0 Å². The Balaban J connectivity index is 2.25. The van der Waals surface area contributed by atoms with Gasteiger partial charge in [-0.2, -0.15) is 11.8 Å². The van der Waals surface area contributed by atoms with Crippen LogP contribution in [0.15, 0.2) is 0 Å². The van der Waals surface area contributed by atoms with Gasteiger partial charge < -0.3 is 5.32 Å². The van der Waals surface area contributed by atoms with E-state index in [0.717, 1.165) is 12.1 Å². The number of hydrogen-bond donors (Lipinski definition) is 1. The van der Waals surface area contributed by atoms with Crippen LogP contribution in [0.1, 0.15) is 13.3 Å². The molecule has 0 aromatic rings. The van der Waals surface area contributed by atoms with Gasteiger partial charge in [0.2, 0.25) is 0 Å². The van der Waals surface area contributed by atoms with Crippen LogP contribution in [-0.2, 0) is 0 Å². The van der Waals surface area contributed by atoms with Gasteiger partial charge in [0.15, 0.2) is 0 Å². The first-order valence-corrected chi connectivity index (χ1v) is 6.07. The number of hydrogen-bond acceptors (Lipinski definition) is 3. The predicted molar refractivity (Wildman–Crippen MR) is 56.9 cm³/mol. The second-order valence-electron chi connectivity index (χ2n) is 3.57. The Labute approximate surface area is 80.1 Å². The zero-order valence-electron chi connectivity index (χ0n) is 8.34. The minimum absolute atomic E-state index is 0.731. The molecule has 1 aliphatic rings. The van der Waals surface area contributed by atoms with Crippen molar-refractivity contribution in [2.45, 2.75) is 25.4 Å². The van der Waals surface area contributed by atoms with E-state index in [0.29, 0.717) is 0 Å². The highest BCUT2D eigenvalue weighted by Crippen LogP contribution is 2.14. The largest absolute Gasteiger partial charge is 0.316 e. The van der Waals surface area contributed by atoms with Crippen LogP contribution in [0, 0.1) is 0 Å². The van der Waals surface area contributed by atoms with Crippen molar-refractivity contribution in [2.75, 3.05) is 32.1 Å². The SMILES string of the molecule is CNC1CCN(C(C)CSC)C1. The van der Waals surface area contributed by atoms with Crippen molar-refractivity contribution < 1.29 is 0 Å². The molecule has 2 atom stereocenters. The minimum Gasteiger partial charge on any atom is -0.316 e. The van der Waals surface area contributed by atoms with Crippen LogP contribution in [0.25, 0.3) is 0 Å². The van der Waals surface area contributed by atoms with Crippen molar-refractivity contribution >= 4 is 11.8 Å². The number of rotatable bonds is 4. The van der Waals surface area contributed by atoms with Crippen LogP contribution in [0.3, 0.4) is 0 Å². The smallest absolute Gasteiger partial charge is 0.0204 e. The number of nitrogens with zero attached hydrogens (tertiary/aromatic N) is 1. The van der Waals surface area contributed by atoms with Crippen molar-refractivity contribution in [1.82, 2.24) is 10.2 Å². The fraction of sp³-hybridized carbons (Fsp3) is 1.00. The van der Waals surface area contributed by atoms with Gasteiger partial charge in [0.25, 0.3) is 0 Å². The molecule has 1 heterocycles. The summed E-state index contributed by atoms with van der Waals surface area (Å²) < 4.78 is 0. The van der Waals surface area contributed by atoms with Crippen LogP contribution in [-0.4, -0.2) is 49.1 Å². The molecule has 2 unspecified atom stereocenters. The first-order valence-electron chi connectivity index (χ1n) is 4.68. The summed E-state index contributed by atoms with van der Waals surface area (Å²) >= 11 is 1.94. The van der Waals surface area contributed by atoms with Crippen LogP contribution in [0.4, 0.5) is 0 Å². The molecule has 1 N–H and O–H groups in total.